The van der Waals surface area contributed by atoms with E-state index in [0.717, 1.165) is 0 Å². The van der Waals surface area contributed by atoms with Crippen molar-refractivity contribution < 1.29 is 27.4 Å². The molecule has 0 atom stereocenters. The molecule has 0 aliphatic rings. The molecule has 2 rings (SSSR count). The number of hydrogen-bond acceptors (Lipinski definition) is 8. The van der Waals surface area contributed by atoms with E-state index in [9.17, 15) is 13.2 Å². The number of carbonyl (C=O) groups is 1. The maximum absolute atomic E-state index is 12.5. The monoisotopic (exact) mass is 496 g/mol. The first kappa shape index (κ1) is 27.7. The van der Waals surface area contributed by atoms with Gasteiger partial charge in [0.2, 0.25) is 10.0 Å². The van der Waals surface area contributed by atoms with Gasteiger partial charge < -0.3 is 14.2 Å². The Bertz CT molecular complexity index is 976. The first-order valence-corrected chi connectivity index (χ1v) is 13.1. The van der Waals surface area contributed by atoms with Crippen LogP contribution in [0.5, 0.6) is 5.75 Å². The number of carbonyl (C=O) groups excluding carboxylic acids is 1. The summed E-state index contributed by atoms with van der Waals surface area (Å²) in [6.45, 7) is 7.95. The number of nitrogens with zero attached hydrogens (tertiary/aromatic N) is 4. The molecule has 0 N–H and O–H groups in total. The Hall–Kier alpha value is -2.50. The molecule has 190 valence electrons. The van der Waals surface area contributed by atoms with Gasteiger partial charge in [-0.05, 0) is 36.6 Å². The molecule has 1 aromatic carbocycles. The summed E-state index contributed by atoms with van der Waals surface area (Å²) in [6, 6.07) is 6.91. The first-order valence-electron chi connectivity index (χ1n) is 11.5. The molecule has 0 bridgehead atoms. The molecule has 0 unspecified atom stereocenters. The fourth-order valence-electron chi connectivity index (χ4n) is 2.77. The number of sulfonamides is 1. The van der Waals surface area contributed by atoms with Crippen molar-refractivity contribution in [3.05, 3.63) is 36.2 Å². The summed E-state index contributed by atoms with van der Waals surface area (Å²) < 4.78 is 44.3. The van der Waals surface area contributed by atoms with Crippen molar-refractivity contribution in [3.8, 4) is 5.75 Å². The van der Waals surface area contributed by atoms with Crippen molar-refractivity contribution >= 4 is 21.5 Å². The largest absolute Gasteiger partial charge is 0.487 e. The van der Waals surface area contributed by atoms with Gasteiger partial charge in [-0.25, -0.2) is 13.1 Å². The molecule has 2 aromatic rings. The lowest BCUT2D eigenvalue weighted by Gasteiger charge is -2.20. The predicted octanol–water partition coefficient (Wildman–Crippen LogP) is 2.68. The third kappa shape index (κ3) is 9.78. The Kier molecular flexibility index (Phi) is 11.4. The minimum absolute atomic E-state index is 0.0747. The fourth-order valence-corrected chi connectivity index (χ4v) is 4.26. The van der Waals surface area contributed by atoms with Gasteiger partial charge in [0, 0.05) is 13.5 Å². The van der Waals surface area contributed by atoms with Crippen LogP contribution in [0.3, 0.4) is 0 Å². The van der Waals surface area contributed by atoms with Crippen LogP contribution in [0.4, 0.5) is 5.69 Å². The number of benzene rings is 1. The second-order valence-corrected chi connectivity index (χ2v) is 10.4. The number of ether oxygens (including phenoxy) is 3. The lowest BCUT2D eigenvalue weighted by Crippen LogP contribution is -2.29. The van der Waals surface area contributed by atoms with Crippen molar-refractivity contribution in [3.63, 3.8) is 0 Å². The van der Waals surface area contributed by atoms with E-state index in [2.05, 4.69) is 10.3 Å². The van der Waals surface area contributed by atoms with Crippen LogP contribution in [0, 0.1) is 5.92 Å². The SMILES string of the molecule is CCC(=O)COCCOCCn1cc(COc2ccc(N(C)S(=O)(=O)CCC(C)C)cc2)nn1. The quantitative estimate of drug-likeness (QED) is 0.307. The number of aromatic nitrogens is 3. The smallest absolute Gasteiger partial charge is 0.234 e. The van der Waals surface area contributed by atoms with E-state index in [1.165, 1.54) is 4.31 Å². The van der Waals surface area contributed by atoms with Gasteiger partial charge in [-0.3, -0.25) is 9.10 Å². The van der Waals surface area contributed by atoms with E-state index in [-0.39, 0.29) is 24.7 Å². The summed E-state index contributed by atoms with van der Waals surface area (Å²) in [7, 11) is -1.79. The van der Waals surface area contributed by atoms with Gasteiger partial charge in [0.25, 0.3) is 0 Å². The summed E-state index contributed by atoms with van der Waals surface area (Å²) in [6.07, 6.45) is 2.88. The molecule has 0 saturated carbocycles. The third-order valence-electron chi connectivity index (χ3n) is 5.04. The zero-order valence-corrected chi connectivity index (χ0v) is 21.3. The average molecular weight is 497 g/mol. The fraction of sp³-hybridized carbons (Fsp3) is 0.609. The number of rotatable bonds is 17. The third-order valence-corrected chi connectivity index (χ3v) is 6.83. The van der Waals surface area contributed by atoms with E-state index in [0.29, 0.717) is 62.3 Å². The van der Waals surface area contributed by atoms with E-state index in [1.807, 2.05) is 13.8 Å². The lowest BCUT2D eigenvalue weighted by atomic mass is 10.2. The summed E-state index contributed by atoms with van der Waals surface area (Å²) in [5, 5.41) is 8.13. The Balaban J connectivity index is 1.71. The van der Waals surface area contributed by atoms with Crippen molar-refractivity contribution in [2.24, 2.45) is 5.92 Å². The summed E-state index contributed by atoms with van der Waals surface area (Å²) in [5.74, 6) is 1.13. The zero-order valence-electron chi connectivity index (χ0n) is 20.5. The van der Waals surface area contributed by atoms with Gasteiger partial charge in [0.05, 0.1) is 44.0 Å². The van der Waals surface area contributed by atoms with Gasteiger partial charge in [-0.15, -0.1) is 5.10 Å². The number of hydrogen-bond donors (Lipinski definition) is 0. The van der Waals surface area contributed by atoms with Crippen LogP contribution in [0.1, 0.15) is 39.3 Å². The van der Waals surface area contributed by atoms with Crippen molar-refractivity contribution in [1.82, 2.24) is 15.0 Å². The Labute approximate surface area is 202 Å². The Morgan fingerprint density at radius 3 is 2.50 bits per heavy atom. The van der Waals surface area contributed by atoms with Crippen molar-refractivity contribution in [1.29, 1.82) is 0 Å². The molecule has 0 radical (unpaired) electrons. The van der Waals surface area contributed by atoms with E-state index in [4.69, 9.17) is 14.2 Å². The normalized spacial score (nSPS) is 11.7. The highest BCUT2D eigenvalue weighted by Gasteiger charge is 2.18. The molecule has 1 aromatic heterocycles. The average Bonchev–Trinajstić information content (AvgIpc) is 3.28. The van der Waals surface area contributed by atoms with Gasteiger partial charge >= 0.3 is 0 Å². The maximum atomic E-state index is 12.5. The van der Waals surface area contributed by atoms with Crippen LogP contribution >= 0.6 is 0 Å². The molecule has 0 fully saturated rings. The van der Waals surface area contributed by atoms with Crippen molar-refractivity contribution in [2.45, 2.75) is 46.8 Å². The minimum atomic E-state index is -3.35. The number of anilines is 1. The molecule has 34 heavy (non-hydrogen) atoms. The molecule has 11 heteroatoms. The van der Waals surface area contributed by atoms with Crippen LogP contribution in [0.25, 0.3) is 0 Å². The summed E-state index contributed by atoms with van der Waals surface area (Å²) in [4.78, 5) is 11.1. The number of Topliss-reactive ketones (excluding diaryl/α,β-unsaturated/α-hetero) is 1. The lowest BCUT2D eigenvalue weighted by molar-refractivity contribution is -0.123. The first-order chi connectivity index (χ1) is 16.2. The highest BCUT2D eigenvalue weighted by Crippen LogP contribution is 2.22. The highest BCUT2D eigenvalue weighted by atomic mass is 32.2. The molecule has 10 nitrogen and oxygen atoms in total. The molecule has 0 aliphatic heterocycles. The van der Waals surface area contributed by atoms with Crippen LogP contribution in [0.15, 0.2) is 30.5 Å². The molecular weight excluding hydrogens is 460 g/mol. The van der Waals surface area contributed by atoms with Gasteiger partial charge in [-0.1, -0.05) is 26.0 Å². The molecule has 0 spiro atoms. The standard InChI is InChI=1S/C23H36N4O6S/c1-5-22(28)18-32-14-13-31-12-11-27-16-20(24-25-27)17-33-23-8-6-21(7-9-23)26(4)34(29,30)15-10-19(2)3/h6-9,16,19H,5,10-15,17-18H2,1-4H3. The highest BCUT2D eigenvalue weighted by molar-refractivity contribution is 7.92. The minimum Gasteiger partial charge on any atom is -0.487 e. The van der Waals surface area contributed by atoms with E-state index < -0.39 is 10.0 Å². The molecular formula is C23H36N4O6S. The summed E-state index contributed by atoms with van der Waals surface area (Å²) >= 11 is 0. The Morgan fingerprint density at radius 2 is 1.82 bits per heavy atom. The zero-order chi connectivity index (χ0) is 25.0. The second kappa shape index (κ2) is 14.0. The van der Waals surface area contributed by atoms with Gasteiger partial charge in [0.15, 0.2) is 5.78 Å². The van der Waals surface area contributed by atoms with Crippen LogP contribution in [-0.2, 0) is 37.4 Å². The van der Waals surface area contributed by atoms with Gasteiger partial charge in [0.1, 0.15) is 24.7 Å². The molecule has 1 heterocycles. The Morgan fingerprint density at radius 1 is 1.12 bits per heavy atom. The van der Waals surface area contributed by atoms with Crippen molar-refractivity contribution in [2.75, 3.05) is 43.5 Å². The maximum Gasteiger partial charge on any atom is 0.234 e. The molecule has 0 saturated heterocycles. The second-order valence-electron chi connectivity index (χ2n) is 8.28. The van der Waals surface area contributed by atoms with Crippen LogP contribution in [-0.4, -0.2) is 68.4 Å². The molecule has 0 aliphatic carbocycles. The van der Waals surface area contributed by atoms with E-state index in [1.54, 1.807) is 49.1 Å². The molecule has 0 amide bonds. The summed E-state index contributed by atoms with van der Waals surface area (Å²) in [5.41, 5.74) is 1.25. The van der Waals surface area contributed by atoms with E-state index >= 15 is 0 Å². The van der Waals surface area contributed by atoms with Gasteiger partial charge in [-0.2, -0.15) is 0 Å². The van der Waals surface area contributed by atoms with Crippen LogP contribution in [0.2, 0.25) is 0 Å². The van der Waals surface area contributed by atoms with Crippen LogP contribution < -0.4 is 9.04 Å². The predicted molar refractivity (Wildman–Crippen MR) is 129 cm³/mol. The topological polar surface area (TPSA) is 113 Å². The number of ketones is 1.